The topological polar surface area (TPSA) is 67.9 Å². The fraction of sp³-hybridized carbons (Fsp3) is 0.0625. The molecule has 0 unspecified atom stereocenters. The minimum absolute atomic E-state index is 0.353. The van der Waals surface area contributed by atoms with Crippen molar-refractivity contribution in [3.8, 4) is 11.4 Å². The van der Waals surface area contributed by atoms with Crippen LogP contribution in [-0.2, 0) is 4.74 Å². The maximum absolute atomic E-state index is 11.8. The Morgan fingerprint density at radius 1 is 1.04 bits per heavy atom. The van der Waals surface area contributed by atoms with Gasteiger partial charge in [0, 0.05) is 10.5 Å². The molecule has 5 nitrogen and oxygen atoms in total. The number of hydrogen-bond acceptors (Lipinski definition) is 6. The van der Waals surface area contributed by atoms with Crippen molar-refractivity contribution < 1.29 is 9.53 Å². The Labute approximate surface area is 141 Å². The predicted octanol–water partition coefficient (Wildman–Crippen LogP) is 4.06. The maximum atomic E-state index is 11.8. The van der Waals surface area contributed by atoms with Gasteiger partial charge in [-0.05, 0) is 33.7 Å². The van der Waals surface area contributed by atoms with Crippen LogP contribution >= 0.6 is 21.6 Å². The molecule has 0 aliphatic heterocycles. The summed E-state index contributed by atoms with van der Waals surface area (Å²) < 4.78 is 4.79. The third-order valence-electron chi connectivity index (χ3n) is 3.01. The number of H-pyrrole nitrogens is 1. The summed E-state index contributed by atoms with van der Waals surface area (Å²) in [6, 6.07) is 17.1. The number of benzene rings is 2. The van der Waals surface area contributed by atoms with Crippen LogP contribution < -0.4 is 0 Å². The fourth-order valence-corrected chi connectivity index (χ4v) is 3.81. The minimum atomic E-state index is -0.353. The molecule has 3 aromatic rings. The summed E-state index contributed by atoms with van der Waals surface area (Å²) in [5.41, 5.74) is 1.51. The Morgan fingerprint density at radius 2 is 1.78 bits per heavy atom. The van der Waals surface area contributed by atoms with Gasteiger partial charge in [-0.2, -0.15) is 0 Å². The Balaban J connectivity index is 1.73. The molecule has 1 heterocycles. The number of hydrogen-bond donors (Lipinski definition) is 1. The number of nitrogens with zero attached hydrogens (tertiary/aromatic N) is 2. The third-order valence-corrected chi connectivity index (χ3v) is 5.20. The average molecular weight is 343 g/mol. The van der Waals surface area contributed by atoms with Crippen LogP contribution in [0.5, 0.6) is 0 Å². The van der Waals surface area contributed by atoms with Crippen molar-refractivity contribution in [2.24, 2.45) is 0 Å². The first-order chi connectivity index (χ1) is 11.3. The zero-order valence-electron chi connectivity index (χ0n) is 12.2. The highest BCUT2D eigenvalue weighted by molar-refractivity contribution is 8.76. The van der Waals surface area contributed by atoms with E-state index in [-0.39, 0.29) is 5.97 Å². The molecule has 1 aromatic heterocycles. The van der Waals surface area contributed by atoms with E-state index >= 15 is 0 Å². The molecule has 0 fully saturated rings. The summed E-state index contributed by atoms with van der Waals surface area (Å²) in [7, 11) is 4.18. The van der Waals surface area contributed by atoms with Crippen LogP contribution in [0.3, 0.4) is 0 Å². The summed E-state index contributed by atoms with van der Waals surface area (Å²) in [6.07, 6.45) is 0. The number of rotatable bonds is 5. The third kappa shape index (κ3) is 3.75. The molecule has 0 saturated heterocycles. The highest BCUT2D eigenvalue weighted by Crippen LogP contribution is 2.37. The molecular weight excluding hydrogens is 330 g/mol. The van der Waals surface area contributed by atoms with Crippen molar-refractivity contribution in [1.82, 2.24) is 15.2 Å². The zero-order valence-corrected chi connectivity index (χ0v) is 13.9. The van der Waals surface area contributed by atoms with Crippen LogP contribution in [-0.4, -0.2) is 28.3 Å². The molecule has 0 amide bonds. The van der Waals surface area contributed by atoms with Crippen LogP contribution in [0, 0.1) is 0 Å². The van der Waals surface area contributed by atoms with E-state index in [1.54, 1.807) is 12.1 Å². The molecule has 1 N–H and O–H groups in total. The Kier molecular flexibility index (Phi) is 4.99. The van der Waals surface area contributed by atoms with E-state index in [0.717, 1.165) is 16.3 Å². The van der Waals surface area contributed by atoms with Gasteiger partial charge in [0.05, 0.1) is 12.7 Å². The number of aromatic amines is 1. The second-order valence-corrected chi connectivity index (χ2v) is 6.63. The summed E-state index contributed by atoms with van der Waals surface area (Å²) >= 11 is 0. The second kappa shape index (κ2) is 7.34. The monoisotopic (exact) mass is 343 g/mol. The van der Waals surface area contributed by atoms with Crippen LogP contribution in [0.15, 0.2) is 64.6 Å². The van der Waals surface area contributed by atoms with Gasteiger partial charge in [0.1, 0.15) is 0 Å². The lowest BCUT2D eigenvalue weighted by molar-refractivity contribution is 0.0597. The van der Waals surface area contributed by atoms with Gasteiger partial charge >= 0.3 is 5.97 Å². The number of ether oxygens (including phenoxy) is 1. The van der Waals surface area contributed by atoms with Gasteiger partial charge in [-0.1, -0.05) is 42.5 Å². The molecule has 116 valence electrons. The van der Waals surface area contributed by atoms with Gasteiger partial charge in [-0.25, -0.2) is 9.78 Å². The second-order valence-electron chi connectivity index (χ2n) is 4.49. The van der Waals surface area contributed by atoms with Crippen molar-refractivity contribution in [2.45, 2.75) is 10.1 Å². The fourth-order valence-electron chi connectivity index (χ4n) is 1.91. The average Bonchev–Trinajstić information content (AvgIpc) is 3.09. The standard InChI is InChI=1S/C16H13N3O2S2/c1-21-15(20)12-9-5-6-10-13(12)22-23-16-17-14(18-19-16)11-7-3-2-4-8-11/h2-10H,1H3,(H,17,18,19). The van der Waals surface area contributed by atoms with Gasteiger partial charge in [0.15, 0.2) is 5.82 Å². The molecule has 0 aliphatic carbocycles. The van der Waals surface area contributed by atoms with E-state index in [9.17, 15) is 4.79 Å². The summed E-state index contributed by atoms with van der Waals surface area (Å²) in [5.74, 6) is 0.364. The minimum Gasteiger partial charge on any atom is -0.465 e. The molecule has 0 bridgehead atoms. The molecule has 3 rings (SSSR count). The van der Waals surface area contributed by atoms with Crippen molar-refractivity contribution >= 4 is 27.6 Å². The van der Waals surface area contributed by atoms with Crippen molar-refractivity contribution in [3.63, 3.8) is 0 Å². The number of methoxy groups -OCH3 is 1. The maximum Gasteiger partial charge on any atom is 0.339 e. The summed E-state index contributed by atoms with van der Waals surface area (Å²) in [5, 5.41) is 7.72. The normalized spacial score (nSPS) is 10.5. The SMILES string of the molecule is COC(=O)c1ccccc1SSc1n[nH]c(-c2ccccc2)n1. The van der Waals surface area contributed by atoms with Gasteiger partial charge in [0.2, 0.25) is 5.16 Å². The molecule has 0 spiro atoms. The predicted molar refractivity (Wildman–Crippen MR) is 91.3 cm³/mol. The van der Waals surface area contributed by atoms with E-state index < -0.39 is 0 Å². The molecule has 0 radical (unpaired) electrons. The summed E-state index contributed by atoms with van der Waals surface area (Å²) in [6.45, 7) is 0. The van der Waals surface area contributed by atoms with Crippen LogP contribution in [0.2, 0.25) is 0 Å². The molecular formula is C16H13N3O2S2. The van der Waals surface area contributed by atoms with Crippen molar-refractivity contribution in [3.05, 3.63) is 60.2 Å². The number of carbonyl (C=O) groups excluding carboxylic acids is 1. The smallest absolute Gasteiger partial charge is 0.339 e. The number of carbonyl (C=O) groups is 1. The van der Waals surface area contributed by atoms with Crippen molar-refractivity contribution in [1.29, 1.82) is 0 Å². The van der Waals surface area contributed by atoms with Gasteiger partial charge < -0.3 is 4.74 Å². The Bertz CT molecular complexity index is 806. The van der Waals surface area contributed by atoms with E-state index in [0.29, 0.717) is 10.7 Å². The highest BCUT2D eigenvalue weighted by Gasteiger charge is 2.13. The molecule has 7 heteroatoms. The first kappa shape index (κ1) is 15.6. The van der Waals surface area contributed by atoms with Gasteiger partial charge in [0.25, 0.3) is 0 Å². The molecule has 0 atom stereocenters. The Morgan fingerprint density at radius 3 is 2.57 bits per heavy atom. The highest BCUT2D eigenvalue weighted by atomic mass is 33.1. The number of aromatic nitrogens is 3. The zero-order chi connectivity index (χ0) is 16.1. The van der Waals surface area contributed by atoms with Crippen LogP contribution in [0.25, 0.3) is 11.4 Å². The lowest BCUT2D eigenvalue weighted by atomic mass is 10.2. The lowest BCUT2D eigenvalue weighted by Gasteiger charge is -2.04. The molecule has 23 heavy (non-hydrogen) atoms. The van der Waals surface area contributed by atoms with E-state index in [1.165, 1.54) is 28.7 Å². The number of nitrogens with one attached hydrogen (secondary N) is 1. The largest absolute Gasteiger partial charge is 0.465 e. The quantitative estimate of drug-likeness (QED) is 0.557. The summed E-state index contributed by atoms with van der Waals surface area (Å²) in [4.78, 5) is 17.0. The molecule has 0 aliphatic rings. The van der Waals surface area contributed by atoms with E-state index in [4.69, 9.17) is 4.74 Å². The van der Waals surface area contributed by atoms with Crippen molar-refractivity contribution in [2.75, 3.05) is 7.11 Å². The first-order valence-electron chi connectivity index (χ1n) is 6.77. The van der Waals surface area contributed by atoms with Crippen LogP contribution in [0.4, 0.5) is 0 Å². The lowest BCUT2D eigenvalue weighted by Crippen LogP contribution is -2.02. The first-order valence-corrected chi connectivity index (χ1v) is 8.92. The molecule has 2 aromatic carbocycles. The Hall–Kier alpha value is -2.25. The van der Waals surface area contributed by atoms with Gasteiger partial charge in [-0.3, -0.25) is 5.10 Å². The van der Waals surface area contributed by atoms with E-state index in [1.807, 2.05) is 42.5 Å². The van der Waals surface area contributed by atoms with Crippen LogP contribution in [0.1, 0.15) is 10.4 Å². The van der Waals surface area contributed by atoms with Gasteiger partial charge in [-0.15, -0.1) is 5.10 Å². The number of esters is 1. The molecule has 0 saturated carbocycles. The van der Waals surface area contributed by atoms with E-state index in [2.05, 4.69) is 15.2 Å².